The topological polar surface area (TPSA) is 131 Å². The zero-order valence-electron chi connectivity index (χ0n) is 14.6. The summed E-state index contributed by atoms with van der Waals surface area (Å²) < 4.78 is 52.1. The summed E-state index contributed by atoms with van der Waals surface area (Å²) in [5.74, 6) is -2.89. The smallest absolute Gasteiger partial charge is 0.240 e. The van der Waals surface area contributed by atoms with E-state index in [-0.39, 0.29) is 27.4 Å². The Morgan fingerprint density at radius 3 is 2.69 bits per heavy atom. The van der Waals surface area contributed by atoms with Gasteiger partial charge in [0.25, 0.3) is 0 Å². The lowest BCUT2D eigenvalue weighted by Gasteiger charge is -2.11. The van der Waals surface area contributed by atoms with Crippen molar-refractivity contribution in [2.24, 2.45) is 5.14 Å². The molecule has 148 valence electrons. The van der Waals surface area contributed by atoms with Gasteiger partial charge in [0.05, 0.1) is 23.9 Å². The number of primary sulfonamides is 1. The quantitative estimate of drug-likeness (QED) is 0.654. The van der Waals surface area contributed by atoms with Crippen molar-refractivity contribution in [1.82, 2.24) is 9.78 Å². The summed E-state index contributed by atoms with van der Waals surface area (Å²) in [6.07, 6.45) is 2.10. The number of nitrogens with two attached hydrogens (primary N) is 1. The van der Waals surface area contributed by atoms with E-state index in [2.05, 4.69) is 10.4 Å². The molecule has 0 fully saturated rings. The molecule has 0 unspecified atom stereocenters. The van der Waals surface area contributed by atoms with Gasteiger partial charge >= 0.3 is 0 Å². The lowest BCUT2D eigenvalue weighted by molar-refractivity contribution is -0.115. The first-order valence-electron chi connectivity index (χ1n) is 8.04. The molecule has 1 amide bonds. The van der Waals surface area contributed by atoms with Crippen molar-refractivity contribution in [3.05, 3.63) is 71.6 Å². The number of carbonyl (C=O) groups is 1. The Morgan fingerprint density at radius 1 is 1.28 bits per heavy atom. The molecule has 0 bridgehead atoms. The van der Waals surface area contributed by atoms with Crippen LogP contribution in [0.2, 0.25) is 0 Å². The molecular formula is C18H13F2N5O3S. The number of rotatable bonds is 5. The van der Waals surface area contributed by atoms with E-state index in [1.54, 1.807) is 0 Å². The van der Waals surface area contributed by atoms with Crippen molar-refractivity contribution in [2.45, 2.75) is 11.3 Å². The van der Waals surface area contributed by atoms with E-state index in [4.69, 9.17) is 10.4 Å². The highest BCUT2D eigenvalue weighted by Gasteiger charge is 2.19. The van der Waals surface area contributed by atoms with Crippen LogP contribution in [-0.2, 0) is 21.2 Å². The number of hydrogen-bond donors (Lipinski definition) is 2. The predicted octanol–water partition coefficient (Wildman–Crippen LogP) is 1.85. The van der Waals surface area contributed by atoms with E-state index in [1.807, 2.05) is 6.07 Å². The molecule has 3 rings (SSSR count). The largest absolute Gasteiger partial charge is 0.326 e. The second kappa shape index (κ2) is 7.78. The third-order valence-electron chi connectivity index (χ3n) is 3.89. The minimum absolute atomic E-state index is 0.0724. The maximum Gasteiger partial charge on any atom is 0.240 e. The van der Waals surface area contributed by atoms with Crippen molar-refractivity contribution in [2.75, 3.05) is 5.32 Å². The standard InChI is InChI=1S/C18H13F2N5O3S/c19-14-3-1-2-12(18(14)20)6-17(26)24-13-4-5-15(16(7-13)29(22,27)28)25-10-11(8-21)9-23-25/h1-5,7,9-10H,6H2,(H,24,26)(H2,22,27,28). The summed E-state index contributed by atoms with van der Waals surface area (Å²) in [6.45, 7) is 0. The van der Waals surface area contributed by atoms with E-state index in [9.17, 15) is 22.0 Å². The fourth-order valence-electron chi connectivity index (χ4n) is 2.58. The van der Waals surface area contributed by atoms with Crippen LogP contribution < -0.4 is 10.5 Å². The van der Waals surface area contributed by atoms with Gasteiger partial charge in [-0.3, -0.25) is 4.79 Å². The number of amides is 1. The minimum atomic E-state index is -4.21. The molecule has 0 atom stereocenters. The van der Waals surface area contributed by atoms with Gasteiger partial charge in [0.1, 0.15) is 11.0 Å². The molecule has 0 spiro atoms. The van der Waals surface area contributed by atoms with Gasteiger partial charge in [-0.2, -0.15) is 10.4 Å². The fraction of sp³-hybridized carbons (Fsp3) is 0.0556. The maximum absolute atomic E-state index is 13.7. The van der Waals surface area contributed by atoms with E-state index >= 15 is 0 Å². The highest BCUT2D eigenvalue weighted by molar-refractivity contribution is 7.89. The number of nitriles is 1. The number of nitrogens with zero attached hydrogens (tertiary/aromatic N) is 3. The minimum Gasteiger partial charge on any atom is -0.326 e. The van der Waals surface area contributed by atoms with Gasteiger partial charge in [-0.15, -0.1) is 0 Å². The van der Waals surface area contributed by atoms with E-state index in [0.29, 0.717) is 0 Å². The van der Waals surface area contributed by atoms with Crippen molar-refractivity contribution in [1.29, 1.82) is 5.26 Å². The number of nitrogens with one attached hydrogen (secondary N) is 1. The molecule has 0 aliphatic heterocycles. The lowest BCUT2D eigenvalue weighted by atomic mass is 10.1. The first-order chi connectivity index (χ1) is 13.7. The molecule has 29 heavy (non-hydrogen) atoms. The van der Waals surface area contributed by atoms with Crippen LogP contribution in [0.3, 0.4) is 0 Å². The van der Waals surface area contributed by atoms with Crippen molar-refractivity contribution in [3.63, 3.8) is 0 Å². The lowest BCUT2D eigenvalue weighted by Crippen LogP contribution is -2.18. The molecular weight excluding hydrogens is 404 g/mol. The fourth-order valence-corrected chi connectivity index (χ4v) is 3.33. The van der Waals surface area contributed by atoms with Crippen LogP contribution >= 0.6 is 0 Å². The molecule has 3 aromatic rings. The molecule has 11 heteroatoms. The van der Waals surface area contributed by atoms with Crippen molar-refractivity contribution >= 4 is 21.6 Å². The van der Waals surface area contributed by atoms with Gasteiger partial charge < -0.3 is 5.32 Å². The Morgan fingerprint density at radius 2 is 2.03 bits per heavy atom. The Labute approximate surface area is 164 Å². The number of aromatic nitrogens is 2. The summed E-state index contributed by atoms with van der Waals surface area (Å²) in [5.41, 5.74) is 0.210. The number of carbonyl (C=O) groups excluding carboxylic acids is 1. The normalized spacial score (nSPS) is 11.1. The van der Waals surface area contributed by atoms with Crippen LogP contribution in [-0.4, -0.2) is 24.1 Å². The molecule has 2 aromatic carbocycles. The van der Waals surface area contributed by atoms with E-state index in [1.165, 1.54) is 36.7 Å². The Kier molecular flexibility index (Phi) is 5.40. The number of halogens is 2. The van der Waals surface area contributed by atoms with Gasteiger partial charge in [0, 0.05) is 17.4 Å². The number of sulfonamides is 1. The highest BCUT2D eigenvalue weighted by atomic mass is 32.2. The average Bonchev–Trinajstić information content (AvgIpc) is 3.14. The predicted molar refractivity (Wildman–Crippen MR) is 98.3 cm³/mol. The zero-order valence-corrected chi connectivity index (χ0v) is 15.5. The third-order valence-corrected chi connectivity index (χ3v) is 4.83. The molecule has 1 heterocycles. The van der Waals surface area contributed by atoms with Gasteiger partial charge in [0.15, 0.2) is 11.6 Å². The van der Waals surface area contributed by atoms with Gasteiger partial charge in [-0.25, -0.2) is 27.0 Å². The summed E-state index contributed by atoms with van der Waals surface area (Å²) in [4.78, 5) is 11.8. The Balaban J connectivity index is 1.90. The van der Waals surface area contributed by atoms with Crippen LogP contribution in [0.15, 0.2) is 53.7 Å². The summed E-state index contributed by atoms with van der Waals surface area (Å²) in [5, 5.41) is 20.5. The third kappa shape index (κ3) is 4.45. The second-order valence-electron chi connectivity index (χ2n) is 5.95. The number of anilines is 1. The van der Waals surface area contributed by atoms with Crippen LogP contribution in [0.25, 0.3) is 5.69 Å². The maximum atomic E-state index is 13.7. The molecule has 8 nitrogen and oxygen atoms in total. The molecule has 1 aromatic heterocycles. The average molecular weight is 417 g/mol. The van der Waals surface area contributed by atoms with Gasteiger partial charge in [0.2, 0.25) is 15.9 Å². The van der Waals surface area contributed by atoms with Gasteiger partial charge in [-0.05, 0) is 24.3 Å². The summed E-state index contributed by atoms with van der Waals surface area (Å²) in [6, 6.07) is 9.17. The molecule has 0 saturated heterocycles. The van der Waals surface area contributed by atoms with E-state index < -0.39 is 34.0 Å². The Bertz CT molecular complexity index is 1250. The second-order valence-corrected chi connectivity index (χ2v) is 7.48. The Hall–Kier alpha value is -3.62. The summed E-state index contributed by atoms with van der Waals surface area (Å²) in [7, 11) is -4.21. The van der Waals surface area contributed by atoms with Gasteiger partial charge in [-0.1, -0.05) is 12.1 Å². The molecule has 0 aliphatic rings. The highest BCUT2D eigenvalue weighted by Crippen LogP contribution is 2.23. The SMILES string of the molecule is N#Cc1cnn(-c2ccc(NC(=O)Cc3cccc(F)c3F)cc2S(N)(=O)=O)c1. The van der Waals surface area contributed by atoms with Crippen LogP contribution in [0.1, 0.15) is 11.1 Å². The van der Waals surface area contributed by atoms with Crippen LogP contribution in [0.4, 0.5) is 14.5 Å². The first-order valence-corrected chi connectivity index (χ1v) is 9.58. The molecule has 0 aliphatic carbocycles. The van der Waals surface area contributed by atoms with Crippen LogP contribution in [0, 0.1) is 23.0 Å². The molecule has 0 radical (unpaired) electrons. The zero-order chi connectivity index (χ0) is 21.2. The van der Waals surface area contributed by atoms with E-state index in [0.717, 1.165) is 16.8 Å². The summed E-state index contributed by atoms with van der Waals surface area (Å²) >= 11 is 0. The van der Waals surface area contributed by atoms with Crippen LogP contribution in [0.5, 0.6) is 0 Å². The molecule has 3 N–H and O–H groups in total. The van der Waals surface area contributed by atoms with Crippen molar-refractivity contribution in [3.8, 4) is 11.8 Å². The number of benzene rings is 2. The van der Waals surface area contributed by atoms with Crippen molar-refractivity contribution < 1.29 is 22.0 Å². The molecule has 0 saturated carbocycles. The monoisotopic (exact) mass is 417 g/mol. The number of hydrogen-bond acceptors (Lipinski definition) is 5. The first kappa shape index (κ1) is 20.1.